The van der Waals surface area contributed by atoms with E-state index in [0.717, 1.165) is 24.8 Å². The molecule has 1 N–H and O–H groups in total. The number of fused-ring (bicyclic) bond motifs is 3. The summed E-state index contributed by atoms with van der Waals surface area (Å²) in [4.78, 5) is 30.4. The molecule has 5 nitrogen and oxygen atoms in total. The van der Waals surface area contributed by atoms with Crippen LogP contribution < -0.4 is 5.32 Å². The SMILES string of the molecule is COC(=O)c1ccccc1NC(=O)N1CCc2c(sc3c2CCCC3)C1c1ccccc1. The van der Waals surface area contributed by atoms with E-state index in [1.165, 1.54) is 40.8 Å². The summed E-state index contributed by atoms with van der Waals surface area (Å²) in [6, 6.07) is 16.9. The zero-order valence-electron chi connectivity index (χ0n) is 18.1. The van der Waals surface area contributed by atoms with Crippen molar-refractivity contribution in [2.45, 2.75) is 38.1 Å². The van der Waals surface area contributed by atoms with Gasteiger partial charge in [0.1, 0.15) is 0 Å². The number of carbonyl (C=O) groups excluding carboxylic acids is 2. The maximum absolute atomic E-state index is 13.5. The predicted molar refractivity (Wildman–Crippen MR) is 126 cm³/mol. The first-order valence-electron chi connectivity index (χ1n) is 11.1. The van der Waals surface area contributed by atoms with E-state index < -0.39 is 5.97 Å². The van der Waals surface area contributed by atoms with Gasteiger partial charge in [0.05, 0.1) is 24.4 Å². The molecule has 2 amide bonds. The van der Waals surface area contributed by atoms with Gasteiger partial charge in [-0.25, -0.2) is 9.59 Å². The Labute approximate surface area is 192 Å². The van der Waals surface area contributed by atoms with Gasteiger partial charge < -0.3 is 15.0 Å². The molecule has 1 aliphatic carbocycles. The van der Waals surface area contributed by atoms with Crippen molar-refractivity contribution in [2.24, 2.45) is 0 Å². The third kappa shape index (κ3) is 3.69. The lowest BCUT2D eigenvalue weighted by molar-refractivity contribution is 0.0602. The molecule has 0 saturated carbocycles. The Kier molecular flexibility index (Phi) is 5.70. The van der Waals surface area contributed by atoms with Crippen LogP contribution in [-0.2, 0) is 24.0 Å². The number of hydrogen-bond donors (Lipinski definition) is 1. The lowest BCUT2D eigenvalue weighted by Gasteiger charge is -2.36. The van der Waals surface area contributed by atoms with E-state index in [2.05, 4.69) is 17.4 Å². The molecule has 6 heteroatoms. The number of esters is 1. The van der Waals surface area contributed by atoms with Crippen molar-refractivity contribution in [2.75, 3.05) is 19.0 Å². The molecule has 1 aromatic heterocycles. The number of aryl methyl sites for hydroxylation is 1. The van der Waals surface area contributed by atoms with Gasteiger partial charge in [-0.3, -0.25) is 0 Å². The average molecular weight is 447 g/mol. The number of hydrogen-bond acceptors (Lipinski definition) is 4. The van der Waals surface area contributed by atoms with Crippen molar-refractivity contribution in [3.8, 4) is 0 Å². The molecule has 0 fully saturated rings. The van der Waals surface area contributed by atoms with Gasteiger partial charge in [-0.2, -0.15) is 0 Å². The van der Waals surface area contributed by atoms with Gasteiger partial charge in [0.2, 0.25) is 0 Å². The molecule has 1 unspecified atom stereocenters. The van der Waals surface area contributed by atoms with Crippen LogP contribution in [0, 0.1) is 0 Å². The van der Waals surface area contributed by atoms with Crippen LogP contribution in [0.1, 0.15) is 55.7 Å². The summed E-state index contributed by atoms with van der Waals surface area (Å²) in [6.07, 6.45) is 5.67. The van der Waals surface area contributed by atoms with Gasteiger partial charge in [-0.15, -0.1) is 11.3 Å². The second-order valence-electron chi connectivity index (χ2n) is 8.28. The minimum Gasteiger partial charge on any atom is -0.465 e. The monoisotopic (exact) mass is 446 g/mol. The minimum atomic E-state index is -0.465. The quantitative estimate of drug-likeness (QED) is 0.533. The van der Waals surface area contributed by atoms with Gasteiger partial charge in [0.15, 0.2) is 0 Å². The van der Waals surface area contributed by atoms with Crippen LogP contribution in [-0.4, -0.2) is 30.6 Å². The van der Waals surface area contributed by atoms with Crippen LogP contribution in [0.3, 0.4) is 0 Å². The second kappa shape index (κ2) is 8.79. The molecule has 0 bridgehead atoms. The number of methoxy groups -OCH3 is 1. The Bertz CT molecular complexity index is 1160. The van der Waals surface area contributed by atoms with Crippen molar-refractivity contribution in [3.05, 3.63) is 86.6 Å². The Hall–Kier alpha value is -3.12. The van der Waals surface area contributed by atoms with Crippen LogP contribution >= 0.6 is 11.3 Å². The van der Waals surface area contributed by atoms with E-state index in [9.17, 15) is 9.59 Å². The van der Waals surface area contributed by atoms with Crippen LogP contribution in [0.2, 0.25) is 0 Å². The first kappa shape index (κ1) is 20.8. The third-order valence-corrected chi connectivity index (χ3v) is 7.81. The molecule has 1 aliphatic heterocycles. The molecular weight excluding hydrogens is 420 g/mol. The topological polar surface area (TPSA) is 58.6 Å². The Morgan fingerprint density at radius 1 is 0.969 bits per heavy atom. The number of nitrogens with one attached hydrogen (secondary N) is 1. The van der Waals surface area contributed by atoms with Gasteiger partial charge in [-0.1, -0.05) is 42.5 Å². The predicted octanol–water partition coefficient (Wildman–Crippen LogP) is 5.59. The van der Waals surface area contributed by atoms with Gasteiger partial charge >= 0.3 is 12.0 Å². The van der Waals surface area contributed by atoms with E-state index in [1.807, 2.05) is 34.4 Å². The highest BCUT2D eigenvalue weighted by Gasteiger charge is 2.36. The molecule has 32 heavy (non-hydrogen) atoms. The number of nitrogens with zero attached hydrogens (tertiary/aromatic N) is 1. The summed E-state index contributed by atoms with van der Waals surface area (Å²) in [5.41, 5.74) is 4.92. The van der Waals surface area contributed by atoms with E-state index in [4.69, 9.17) is 4.74 Å². The van der Waals surface area contributed by atoms with Crippen molar-refractivity contribution < 1.29 is 14.3 Å². The largest absolute Gasteiger partial charge is 0.465 e. The van der Waals surface area contributed by atoms with Crippen LogP contribution in [0.5, 0.6) is 0 Å². The van der Waals surface area contributed by atoms with Gasteiger partial charge in [0, 0.05) is 16.3 Å². The lowest BCUT2D eigenvalue weighted by Crippen LogP contribution is -2.42. The van der Waals surface area contributed by atoms with E-state index in [1.54, 1.807) is 24.3 Å². The zero-order valence-corrected chi connectivity index (χ0v) is 18.9. The highest BCUT2D eigenvalue weighted by molar-refractivity contribution is 7.12. The van der Waals surface area contributed by atoms with Crippen LogP contribution in [0.25, 0.3) is 0 Å². The Morgan fingerprint density at radius 2 is 1.72 bits per heavy atom. The van der Waals surface area contributed by atoms with Crippen LogP contribution in [0.15, 0.2) is 54.6 Å². The Balaban J connectivity index is 1.52. The van der Waals surface area contributed by atoms with Crippen molar-refractivity contribution >= 4 is 29.0 Å². The normalized spacial score (nSPS) is 17.3. The highest BCUT2D eigenvalue weighted by Crippen LogP contribution is 2.45. The standard InChI is InChI=1S/C26H26N2O3S/c1-31-25(29)20-12-5-7-13-21(20)27-26(30)28-16-15-19-18-11-6-8-14-22(18)32-24(19)23(28)17-9-3-2-4-10-17/h2-5,7,9-10,12-13,23H,6,8,11,14-16H2,1H3,(H,27,30). The number of benzene rings is 2. The maximum atomic E-state index is 13.5. The number of thiophene rings is 1. The first-order valence-corrected chi connectivity index (χ1v) is 11.9. The number of urea groups is 1. The highest BCUT2D eigenvalue weighted by atomic mass is 32.1. The van der Waals surface area contributed by atoms with Gasteiger partial charge in [0.25, 0.3) is 0 Å². The summed E-state index contributed by atoms with van der Waals surface area (Å²) >= 11 is 1.88. The molecule has 0 saturated heterocycles. The number of para-hydroxylation sites is 1. The van der Waals surface area contributed by atoms with Crippen molar-refractivity contribution in [3.63, 3.8) is 0 Å². The zero-order chi connectivity index (χ0) is 22.1. The molecule has 5 rings (SSSR count). The Morgan fingerprint density at radius 3 is 2.53 bits per heavy atom. The van der Waals surface area contributed by atoms with E-state index in [0.29, 0.717) is 17.8 Å². The molecule has 2 aliphatic rings. The molecule has 2 aromatic carbocycles. The summed E-state index contributed by atoms with van der Waals surface area (Å²) in [7, 11) is 1.34. The fourth-order valence-electron chi connectivity index (χ4n) is 4.90. The van der Waals surface area contributed by atoms with E-state index >= 15 is 0 Å². The van der Waals surface area contributed by atoms with Crippen molar-refractivity contribution in [1.29, 1.82) is 0 Å². The molecule has 2 heterocycles. The molecule has 0 spiro atoms. The summed E-state index contributed by atoms with van der Waals surface area (Å²) < 4.78 is 4.89. The smallest absolute Gasteiger partial charge is 0.339 e. The minimum absolute atomic E-state index is 0.124. The maximum Gasteiger partial charge on any atom is 0.339 e. The summed E-state index contributed by atoms with van der Waals surface area (Å²) in [5.74, 6) is -0.465. The number of amides is 2. The number of carbonyl (C=O) groups is 2. The summed E-state index contributed by atoms with van der Waals surface area (Å²) in [6.45, 7) is 0.641. The number of ether oxygens (including phenoxy) is 1. The number of anilines is 1. The third-order valence-electron chi connectivity index (χ3n) is 6.42. The number of rotatable bonds is 3. The second-order valence-corrected chi connectivity index (χ2v) is 9.41. The molecule has 3 aromatic rings. The lowest BCUT2D eigenvalue weighted by atomic mass is 9.88. The molecular formula is C26H26N2O3S. The fraction of sp³-hybridized carbons (Fsp3) is 0.308. The van der Waals surface area contributed by atoms with Gasteiger partial charge in [-0.05, 0) is 60.9 Å². The molecule has 164 valence electrons. The van der Waals surface area contributed by atoms with E-state index in [-0.39, 0.29) is 12.1 Å². The molecule has 1 atom stereocenters. The first-order chi connectivity index (χ1) is 15.7. The van der Waals surface area contributed by atoms with Crippen LogP contribution in [0.4, 0.5) is 10.5 Å². The average Bonchev–Trinajstić information content (AvgIpc) is 3.22. The summed E-state index contributed by atoms with van der Waals surface area (Å²) in [5, 5.41) is 2.98. The van der Waals surface area contributed by atoms with Crippen molar-refractivity contribution in [1.82, 2.24) is 4.90 Å². The fourth-order valence-corrected chi connectivity index (χ4v) is 6.49. The molecule has 0 radical (unpaired) electrons.